The Labute approximate surface area is 176 Å². The second-order valence-electron chi connectivity index (χ2n) is 5.91. The molecule has 10 heteroatoms. The maximum Gasteiger partial charge on any atom is 0.350 e. The van der Waals surface area contributed by atoms with Crippen molar-refractivity contribution in [2.24, 2.45) is 0 Å². The number of nitrogens with zero attached hydrogens (tertiary/aromatic N) is 4. The molecule has 0 aliphatic heterocycles. The number of hydrogen-bond donors (Lipinski definition) is 1. The second-order valence-corrected chi connectivity index (χ2v) is 7.85. The monoisotopic (exact) mass is 431 g/mol. The largest absolute Gasteiger partial charge is 0.462 e. The summed E-state index contributed by atoms with van der Waals surface area (Å²) < 4.78 is 6.97. The number of anilines is 1. The van der Waals surface area contributed by atoms with Crippen molar-refractivity contribution >= 4 is 40.1 Å². The van der Waals surface area contributed by atoms with Gasteiger partial charge in [-0.15, -0.1) is 10.2 Å². The summed E-state index contributed by atoms with van der Waals surface area (Å²) in [6.07, 6.45) is 0. The van der Waals surface area contributed by atoms with Crippen LogP contribution < -0.4 is 5.32 Å². The minimum Gasteiger partial charge on any atom is -0.462 e. The van der Waals surface area contributed by atoms with Crippen LogP contribution in [0.15, 0.2) is 35.5 Å². The molecular formula is C19H21N5O3S2. The van der Waals surface area contributed by atoms with E-state index in [-0.39, 0.29) is 18.3 Å². The molecule has 1 N–H and O–H groups in total. The zero-order valence-corrected chi connectivity index (χ0v) is 18.0. The molecule has 0 spiro atoms. The third-order valence-corrected chi connectivity index (χ3v) is 5.92. The van der Waals surface area contributed by atoms with Crippen LogP contribution in [0.4, 0.5) is 5.13 Å². The standard InChI is InChI=1S/C19H21N5O3S2/c1-4-24-16(13-9-7-6-8-10-13)22-23-19(24)28-11-14(25)21-18-20-12(3)15(29-18)17(26)27-5-2/h6-10H,4-5,11H2,1-3H3,(H,20,21,25). The van der Waals surface area contributed by atoms with Gasteiger partial charge >= 0.3 is 5.97 Å². The molecule has 3 rings (SSSR count). The Kier molecular flexibility index (Phi) is 6.99. The molecule has 0 saturated heterocycles. The lowest BCUT2D eigenvalue weighted by Gasteiger charge is -2.07. The third-order valence-electron chi connectivity index (χ3n) is 3.90. The number of esters is 1. The molecule has 0 saturated carbocycles. The number of rotatable bonds is 8. The number of thioether (sulfide) groups is 1. The van der Waals surface area contributed by atoms with E-state index in [0.717, 1.165) is 22.7 Å². The molecule has 2 aromatic heterocycles. The van der Waals surface area contributed by atoms with Crippen molar-refractivity contribution < 1.29 is 14.3 Å². The average Bonchev–Trinajstić information content (AvgIpc) is 3.30. The van der Waals surface area contributed by atoms with Crippen LogP contribution >= 0.6 is 23.1 Å². The summed E-state index contributed by atoms with van der Waals surface area (Å²) in [7, 11) is 0. The van der Waals surface area contributed by atoms with E-state index in [9.17, 15) is 9.59 Å². The van der Waals surface area contributed by atoms with Gasteiger partial charge in [0.2, 0.25) is 5.91 Å². The van der Waals surface area contributed by atoms with Crippen molar-refractivity contribution in [3.05, 3.63) is 40.9 Å². The summed E-state index contributed by atoms with van der Waals surface area (Å²) in [4.78, 5) is 28.8. The molecule has 3 aromatic rings. The molecule has 29 heavy (non-hydrogen) atoms. The number of aryl methyl sites for hydroxylation is 1. The quantitative estimate of drug-likeness (QED) is 0.429. The van der Waals surface area contributed by atoms with E-state index in [1.807, 2.05) is 41.8 Å². The molecule has 0 bridgehead atoms. The van der Waals surface area contributed by atoms with Gasteiger partial charge in [0.05, 0.1) is 18.1 Å². The molecule has 152 valence electrons. The van der Waals surface area contributed by atoms with Crippen LogP contribution in [-0.2, 0) is 16.1 Å². The maximum atomic E-state index is 12.3. The highest BCUT2D eigenvalue weighted by Crippen LogP contribution is 2.26. The number of carbonyl (C=O) groups is 2. The number of hydrogen-bond acceptors (Lipinski definition) is 8. The highest BCUT2D eigenvalue weighted by Gasteiger charge is 2.18. The van der Waals surface area contributed by atoms with Gasteiger partial charge in [0.15, 0.2) is 16.1 Å². The zero-order valence-electron chi connectivity index (χ0n) is 16.3. The van der Waals surface area contributed by atoms with Crippen LogP contribution in [0.2, 0.25) is 0 Å². The predicted octanol–water partition coefficient (Wildman–Crippen LogP) is 3.64. The Morgan fingerprint density at radius 2 is 1.97 bits per heavy atom. The number of benzene rings is 1. The lowest BCUT2D eigenvalue weighted by Crippen LogP contribution is -2.14. The van der Waals surface area contributed by atoms with Gasteiger partial charge in [0.1, 0.15) is 4.88 Å². The zero-order chi connectivity index (χ0) is 20.8. The van der Waals surface area contributed by atoms with Crippen molar-refractivity contribution in [2.75, 3.05) is 17.7 Å². The summed E-state index contributed by atoms with van der Waals surface area (Å²) in [5.74, 6) is 0.263. The summed E-state index contributed by atoms with van der Waals surface area (Å²) >= 11 is 2.41. The third kappa shape index (κ3) is 5.01. The second kappa shape index (κ2) is 9.66. The van der Waals surface area contributed by atoms with Crippen LogP contribution in [0.3, 0.4) is 0 Å². The Hall–Kier alpha value is -2.72. The van der Waals surface area contributed by atoms with Crippen LogP contribution in [0.5, 0.6) is 0 Å². The summed E-state index contributed by atoms with van der Waals surface area (Å²) in [6.45, 7) is 6.44. The van der Waals surface area contributed by atoms with Crippen LogP contribution in [0, 0.1) is 6.92 Å². The lowest BCUT2D eigenvalue weighted by atomic mass is 10.2. The van der Waals surface area contributed by atoms with E-state index in [1.165, 1.54) is 11.8 Å². The number of aromatic nitrogens is 4. The fraction of sp³-hybridized carbons (Fsp3) is 0.316. The molecule has 0 aliphatic rings. The Balaban J connectivity index is 1.64. The average molecular weight is 432 g/mol. The topological polar surface area (TPSA) is 99.0 Å². The van der Waals surface area contributed by atoms with Gasteiger partial charge in [-0.2, -0.15) is 0 Å². The molecule has 1 amide bonds. The number of carbonyl (C=O) groups excluding carboxylic acids is 2. The van der Waals surface area contributed by atoms with Gasteiger partial charge in [0, 0.05) is 12.1 Å². The molecule has 0 atom stereocenters. The van der Waals surface area contributed by atoms with E-state index in [2.05, 4.69) is 20.5 Å². The fourth-order valence-corrected chi connectivity index (χ4v) is 4.28. The van der Waals surface area contributed by atoms with Gasteiger partial charge in [-0.25, -0.2) is 9.78 Å². The minimum absolute atomic E-state index is 0.153. The van der Waals surface area contributed by atoms with E-state index in [0.29, 0.717) is 27.4 Å². The molecule has 2 heterocycles. The number of amides is 1. The molecule has 0 fully saturated rings. The first kappa shape index (κ1) is 21.0. The van der Waals surface area contributed by atoms with Crippen molar-refractivity contribution in [3.63, 3.8) is 0 Å². The molecule has 0 aliphatic carbocycles. The normalized spacial score (nSPS) is 10.7. The highest BCUT2D eigenvalue weighted by atomic mass is 32.2. The first-order chi connectivity index (χ1) is 14.0. The van der Waals surface area contributed by atoms with Gasteiger partial charge in [-0.1, -0.05) is 53.4 Å². The van der Waals surface area contributed by atoms with Gasteiger partial charge in [0.25, 0.3) is 0 Å². The number of thiazole rings is 1. The maximum absolute atomic E-state index is 12.3. The minimum atomic E-state index is -0.429. The van der Waals surface area contributed by atoms with E-state index >= 15 is 0 Å². The molecule has 1 aromatic carbocycles. The molecule has 8 nitrogen and oxygen atoms in total. The Morgan fingerprint density at radius 3 is 2.66 bits per heavy atom. The number of nitrogens with one attached hydrogen (secondary N) is 1. The summed E-state index contributed by atoms with van der Waals surface area (Å²) in [5.41, 5.74) is 1.51. The molecule has 0 unspecified atom stereocenters. The predicted molar refractivity (Wildman–Crippen MR) is 113 cm³/mol. The van der Waals surface area contributed by atoms with Crippen LogP contribution in [-0.4, -0.2) is 44.0 Å². The van der Waals surface area contributed by atoms with Crippen molar-refractivity contribution in [3.8, 4) is 11.4 Å². The van der Waals surface area contributed by atoms with Gasteiger partial charge in [-0.05, 0) is 20.8 Å². The Morgan fingerprint density at radius 1 is 1.21 bits per heavy atom. The van der Waals surface area contributed by atoms with Crippen molar-refractivity contribution in [1.29, 1.82) is 0 Å². The van der Waals surface area contributed by atoms with Crippen LogP contribution in [0.1, 0.15) is 29.2 Å². The lowest BCUT2D eigenvalue weighted by molar-refractivity contribution is -0.113. The fourth-order valence-electron chi connectivity index (χ4n) is 2.60. The summed E-state index contributed by atoms with van der Waals surface area (Å²) in [5, 5.41) is 12.3. The number of ether oxygens (including phenoxy) is 1. The first-order valence-corrected chi connectivity index (χ1v) is 10.9. The van der Waals surface area contributed by atoms with Gasteiger partial charge in [-0.3, -0.25) is 4.79 Å². The van der Waals surface area contributed by atoms with Crippen LogP contribution in [0.25, 0.3) is 11.4 Å². The first-order valence-electron chi connectivity index (χ1n) is 9.09. The van der Waals surface area contributed by atoms with Crippen molar-refractivity contribution in [1.82, 2.24) is 19.7 Å². The Bertz CT molecular complexity index is 1000. The summed E-state index contributed by atoms with van der Waals surface area (Å²) in [6, 6.07) is 9.80. The van der Waals surface area contributed by atoms with E-state index < -0.39 is 5.97 Å². The smallest absolute Gasteiger partial charge is 0.350 e. The van der Waals surface area contributed by atoms with E-state index in [1.54, 1.807) is 13.8 Å². The van der Waals surface area contributed by atoms with Crippen molar-refractivity contribution in [2.45, 2.75) is 32.5 Å². The van der Waals surface area contributed by atoms with Gasteiger partial charge < -0.3 is 14.6 Å². The molecular weight excluding hydrogens is 410 g/mol. The van der Waals surface area contributed by atoms with E-state index in [4.69, 9.17) is 4.74 Å². The molecule has 0 radical (unpaired) electrons. The highest BCUT2D eigenvalue weighted by molar-refractivity contribution is 7.99. The SMILES string of the molecule is CCOC(=O)c1sc(NC(=O)CSc2nnc(-c3ccccc3)n2CC)nc1C.